The summed E-state index contributed by atoms with van der Waals surface area (Å²) in [6, 6.07) is 11.5. The lowest BCUT2D eigenvalue weighted by molar-refractivity contribution is -0.116. The number of aryl methyl sites for hydroxylation is 1. The van der Waals surface area contributed by atoms with E-state index >= 15 is 0 Å². The first-order chi connectivity index (χ1) is 10.1. The van der Waals surface area contributed by atoms with Crippen LogP contribution in [0, 0.1) is 0 Å². The van der Waals surface area contributed by atoms with Gasteiger partial charge in [0.15, 0.2) is 0 Å². The first kappa shape index (κ1) is 14.4. The Morgan fingerprint density at radius 1 is 1.19 bits per heavy atom. The van der Waals surface area contributed by atoms with Crippen molar-refractivity contribution in [3.63, 3.8) is 0 Å². The van der Waals surface area contributed by atoms with Gasteiger partial charge in [-0.25, -0.2) is 0 Å². The number of anilines is 1. The first-order valence-electron chi connectivity index (χ1n) is 6.61. The maximum absolute atomic E-state index is 11.4. The van der Waals surface area contributed by atoms with Crippen LogP contribution >= 0.6 is 27.5 Å². The highest BCUT2D eigenvalue weighted by Crippen LogP contribution is 2.28. The third-order valence-electron chi connectivity index (χ3n) is 3.39. The van der Waals surface area contributed by atoms with Crippen LogP contribution in [0.15, 0.2) is 40.9 Å². The monoisotopic (exact) mass is 365 g/mol. The predicted octanol–water partition coefficient (Wildman–Crippen LogP) is 4.57. The largest absolute Gasteiger partial charge is 0.489 e. The zero-order valence-corrected chi connectivity index (χ0v) is 13.5. The molecule has 5 heteroatoms. The van der Waals surface area contributed by atoms with Gasteiger partial charge in [-0.2, -0.15) is 0 Å². The Balaban J connectivity index is 1.73. The third kappa shape index (κ3) is 3.39. The molecule has 0 aliphatic carbocycles. The van der Waals surface area contributed by atoms with Crippen LogP contribution in [0.4, 0.5) is 5.69 Å². The molecule has 0 saturated carbocycles. The van der Waals surface area contributed by atoms with Gasteiger partial charge in [0.2, 0.25) is 5.91 Å². The average Bonchev–Trinajstić information content (AvgIpc) is 2.46. The highest BCUT2D eigenvalue weighted by molar-refractivity contribution is 9.10. The summed E-state index contributed by atoms with van der Waals surface area (Å²) in [4.78, 5) is 11.4. The van der Waals surface area contributed by atoms with Gasteiger partial charge in [0.05, 0.1) is 0 Å². The van der Waals surface area contributed by atoms with E-state index in [9.17, 15) is 4.79 Å². The van der Waals surface area contributed by atoms with Crippen molar-refractivity contribution in [1.29, 1.82) is 0 Å². The Kier molecular flexibility index (Phi) is 4.17. The number of hydrogen-bond acceptors (Lipinski definition) is 2. The molecule has 0 aromatic heterocycles. The van der Waals surface area contributed by atoms with Gasteiger partial charge in [-0.1, -0.05) is 39.7 Å². The number of rotatable bonds is 3. The molecule has 2 aromatic carbocycles. The van der Waals surface area contributed by atoms with Crippen molar-refractivity contribution in [2.45, 2.75) is 19.4 Å². The van der Waals surface area contributed by atoms with Crippen LogP contribution < -0.4 is 10.1 Å². The van der Waals surface area contributed by atoms with E-state index in [-0.39, 0.29) is 5.91 Å². The van der Waals surface area contributed by atoms with Gasteiger partial charge >= 0.3 is 0 Å². The van der Waals surface area contributed by atoms with E-state index in [2.05, 4.69) is 21.2 Å². The van der Waals surface area contributed by atoms with Gasteiger partial charge in [-0.3, -0.25) is 4.79 Å². The number of halogens is 2. The Morgan fingerprint density at radius 3 is 2.86 bits per heavy atom. The minimum atomic E-state index is 0.0515. The molecule has 0 radical (unpaired) electrons. The number of benzene rings is 2. The summed E-state index contributed by atoms with van der Waals surface area (Å²) >= 11 is 9.54. The van der Waals surface area contributed by atoms with E-state index in [1.54, 1.807) is 0 Å². The molecule has 0 fully saturated rings. The number of amides is 1. The van der Waals surface area contributed by atoms with Gasteiger partial charge < -0.3 is 10.1 Å². The van der Waals surface area contributed by atoms with Crippen LogP contribution in [0.5, 0.6) is 5.75 Å². The van der Waals surface area contributed by atoms with E-state index in [1.807, 2.05) is 36.4 Å². The highest BCUT2D eigenvalue weighted by atomic mass is 79.9. The summed E-state index contributed by atoms with van der Waals surface area (Å²) in [6.07, 6.45) is 1.32. The number of fused-ring (bicyclic) bond motifs is 1. The lowest BCUT2D eigenvalue weighted by Crippen LogP contribution is -2.18. The summed E-state index contributed by atoms with van der Waals surface area (Å²) in [6.45, 7) is 0.388. The minimum absolute atomic E-state index is 0.0515. The summed E-state index contributed by atoms with van der Waals surface area (Å²) in [5.74, 6) is 0.769. The van der Waals surface area contributed by atoms with E-state index < -0.39 is 0 Å². The number of carbonyl (C=O) groups is 1. The Bertz CT molecular complexity index is 703. The normalized spacial score (nSPS) is 13.5. The summed E-state index contributed by atoms with van der Waals surface area (Å²) in [5.41, 5.74) is 2.90. The fraction of sp³-hybridized carbons (Fsp3) is 0.188. The fourth-order valence-electron chi connectivity index (χ4n) is 2.24. The topological polar surface area (TPSA) is 38.3 Å². The van der Waals surface area contributed by atoms with E-state index in [4.69, 9.17) is 16.3 Å². The molecule has 0 bridgehead atoms. The smallest absolute Gasteiger partial charge is 0.224 e. The highest BCUT2D eigenvalue weighted by Gasteiger charge is 2.15. The molecule has 0 spiro atoms. The Labute approximate surface area is 136 Å². The molecule has 1 aliphatic rings. The van der Waals surface area contributed by atoms with Gasteiger partial charge in [0.25, 0.3) is 0 Å². The zero-order valence-electron chi connectivity index (χ0n) is 11.2. The van der Waals surface area contributed by atoms with Crippen LogP contribution in [0.2, 0.25) is 5.02 Å². The molecule has 3 rings (SSSR count). The first-order valence-corrected chi connectivity index (χ1v) is 7.78. The third-order valence-corrected chi connectivity index (χ3v) is 4.23. The molecule has 21 heavy (non-hydrogen) atoms. The molecule has 1 N–H and O–H groups in total. The van der Waals surface area contributed by atoms with Crippen molar-refractivity contribution in [2.75, 3.05) is 5.32 Å². The number of hydrogen-bond donors (Lipinski definition) is 1. The van der Waals surface area contributed by atoms with Crippen molar-refractivity contribution < 1.29 is 9.53 Å². The van der Waals surface area contributed by atoms with Crippen molar-refractivity contribution in [2.24, 2.45) is 0 Å². The molecular weight excluding hydrogens is 354 g/mol. The lowest BCUT2D eigenvalue weighted by atomic mass is 10.0. The van der Waals surface area contributed by atoms with Gasteiger partial charge in [0, 0.05) is 33.2 Å². The van der Waals surface area contributed by atoms with Gasteiger partial charge in [0.1, 0.15) is 12.4 Å². The second-order valence-electron chi connectivity index (χ2n) is 4.89. The summed E-state index contributed by atoms with van der Waals surface area (Å²) in [5, 5.41) is 3.53. The predicted molar refractivity (Wildman–Crippen MR) is 86.9 cm³/mol. The van der Waals surface area contributed by atoms with E-state index in [1.165, 1.54) is 0 Å². The molecule has 108 valence electrons. The summed E-state index contributed by atoms with van der Waals surface area (Å²) < 4.78 is 6.70. The van der Waals surface area contributed by atoms with Crippen LogP contribution in [0.3, 0.4) is 0 Å². The molecule has 0 atom stereocenters. The fourth-order valence-corrected chi connectivity index (χ4v) is 2.97. The standard InChI is InChI=1S/C16H13BrClNO2/c17-12-4-1-11(14(18)7-12)9-21-13-5-2-10-3-6-16(20)19-15(10)8-13/h1-2,4-5,7-8H,3,6,9H2,(H,19,20). The molecule has 0 unspecified atom stereocenters. The molecule has 1 aliphatic heterocycles. The Hall–Kier alpha value is -1.52. The molecular formula is C16H13BrClNO2. The molecule has 2 aromatic rings. The number of nitrogens with one attached hydrogen (secondary N) is 1. The SMILES string of the molecule is O=C1CCc2ccc(OCc3ccc(Br)cc3Cl)cc2N1. The summed E-state index contributed by atoms with van der Waals surface area (Å²) in [7, 11) is 0. The van der Waals surface area contributed by atoms with Crippen molar-refractivity contribution in [1.82, 2.24) is 0 Å². The Morgan fingerprint density at radius 2 is 2.05 bits per heavy atom. The van der Waals surface area contributed by atoms with Crippen molar-refractivity contribution in [3.05, 3.63) is 57.0 Å². The average molecular weight is 367 g/mol. The number of carbonyl (C=O) groups excluding carboxylic acids is 1. The van der Waals surface area contributed by atoms with Gasteiger partial charge in [-0.05, 0) is 30.2 Å². The molecule has 3 nitrogen and oxygen atoms in total. The van der Waals surface area contributed by atoms with Crippen LogP contribution in [0.1, 0.15) is 17.5 Å². The quantitative estimate of drug-likeness (QED) is 0.864. The maximum Gasteiger partial charge on any atom is 0.224 e. The number of ether oxygens (including phenoxy) is 1. The lowest BCUT2D eigenvalue weighted by Gasteiger charge is -2.18. The minimum Gasteiger partial charge on any atom is -0.489 e. The second kappa shape index (κ2) is 6.08. The van der Waals surface area contributed by atoms with Crippen LogP contribution in [-0.4, -0.2) is 5.91 Å². The maximum atomic E-state index is 11.4. The van der Waals surface area contributed by atoms with Crippen molar-refractivity contribution >= 4 is 39.1 Å². The molecule has 1 heterocycles. The van der Waals surface area contributed by atoms with E-state index in [0.717, 1.165) is 33.5 Å². The van der Waals surface area contributed by atoms with Gasteiger partial charge in [-0.15, -0.1) is 0 Å². The van der Waals surface area contributed by atoms with Crippen molar-refractivity contribution in [3.8, 4) is 5.75 Å². The van der Waals surface area contributed by atoms with E-state index in [0.29, 0.717) is 18.1 Å². The van der Waals surface area contributed by atoms with Crippen LogP contribution in [-0.2, 0) is 17.8 Å². The molecule has 1 amide bonds. The van der Waals surface area contributed by atoms with Crippen LogP contribution in [0.25, 0.3) is 0 Å². The second-order valence-corrected chi connectivity index (χ2v) is 6.21. The molecule has 0 saturated heterocycles. The zero-order chi connectivity index (χ0) is 14.8.